The molecule has 2 N–H and O–H groups in total. The Bertz CT molecular complexity index is 958. The number of nitrogens with one attached hydrogen (secondary N) is 2. The van der Waals surface area contributed by atoms with E-state index < -0.39 is 5.41 Å². The van der Waals surface area contributed by atoms with Crippen molar-refractivity contribution in [1.82, 2.24) is 20.2 Å². The number of hydrogen-bond donors (Lipinski definition) is 2. The van der Waals surface area contributed by atoms with E-state index in [2.05, 4.69) is 21.4 Å². The molecule has 7 nitrogen and oxygen atoms in total. The van der Waals surface area contributed by atoms with Crippen LogP contribution in [-0.2, 0) is 11.2 Å². The van der Waals surface area contributed by atoms with Gasteiger partial charge >= 0.3 is 0 Å². The van der Waals surface area contributed by atoms with Crippen molar-refractivity contribution in [1.29, 1.82) is 5.26 Å². The second kappa shape index (κ2) is 6.45. The number of aromatic amines is 1. The lowest BCUT2D eigenvalue weighted by Crippen LogP contribution is -2.51. The van der Waals surface area contributed by atoms with Crippen molar-refractivity contribution in [3.8, 4) is 6.07 Å². The maximum absolute atomic E-state index is 13.4. The Labute approximate surface area is 166 Å². The minimum atomic E-state index is -0.625. The van der Waals surface area contributed by atoms with Gasteiger partial charge in [-0.05, 0) is 38.2 Å². The normalized spacial score (nSPS) is 28.3. The summed E-state index contributed by atoms with van der Waals surface area (Å²) in [5, 5.41) is 14.2. The van der Waals surface area contributed by atoms with Crippen LogP contribution in [0.2, 0.25) is 0 Å². The Morgan fingerprint density at radius 3 is 2.93 bits per heavy atom. The third-order valence-corrected chi connectivity index (χ3v) is 7.00. The molecule has 3 fully saturated rings. The Kier molecular flexibility index (Phi) is 4.02. The Hall–Kier alpha value is -2.66. The summed E-state index contributed by atoms with van der Waals surface area (Å²) in [6.07, 6.45) is 6.60. The zero-order chi connectivity index (χ0) is 19.3. The van der Waals surface area contributed by atoms with Gasteiger partial charge in [0, 0.05) is 36.1 Å². The average molecular weight is 395 g/mol. The Balaban J connectivity index is 1.47. The van der Waals surface area contributed by atoms with Crippen LogP contribution >= 0.6 is 11.3 Å². The first kappa shape index (κ1) is 17.4. The van der Waals surface area contributed by atoms with Crippen LogP contribution in [0.4, 0.5) is 0 Å². The molecule has 5 rings (SSSR count). The number of thiazole rings is 1. The van der Waals surface area contributed by atoms with Crippen molar-refractivity contribution in [3.63, 3.8) is 0 Å². The lowest BCUT2D eigenvalue weighted by atomic mass is 9.70. The number of aromatic nitrogens is 2. The van der Waals surface area contributed by atoms with Gasteiger partial charge in [-0.2, -0.15) is 5.26 Å². The molecule has 2 aromatic heterocycles. The molecule has 3 atom stereocenters. The van der Waals surface area contributed by atoms with Crippen molar-refractivity contribution in [2.45, 2.75) is 56.7 Å². The summed E-state index contributed by atoms with van der Waals surface area (Å²) >= 11 is 1.53. The van der Waals surface area contributed by atoms with E-state index in [1.807, 2.05) is 10.3 Å². The second-order valence-corrected chi connectivity index (χ2v) is 8.86. The van der Waals surface area contributed by atoms with E-state index in [1.54, 1.807) is 17.8 Å². The van der Waals surface area contributed by atoms with Gasteiger partial charge in [-0.1, -0.05) is 0 Å². The Morgan fingerprint density at radius 2 is 2.25 bits per heavy atom. The van der Waals surface area contributed by atoms with E-state index in [0.29, 0.717) is 24.1 Å². The number of hydrogen-bond acceptors (Lipinski definition) is 5. The van der Waals surface area contributed by atoms with E-state index in [9.17, 15) is 9.59 Å². The van der Waals surface area contributed by atoms with Crippen molar-refractivity contribution >= 4 is 23.2 Å². The van der Waals surface area contributed by atoms with Gasteiger partial charge in [0.05, 0.1) is 22.2 Å². The molecule has 2 aromatic rings. The molecule has 4 heterocycles. The predicted octanol–water partition coefficient (Wildman–Crippen LogP) is 2.23. The number of nitriles is 1. The summed E-state index contributed by atoms with van der Waals surface area (Å²) in [5.41, 5.74) is 2.94. The molecule has 1 aliphatic carbocycles. The topological polar surface area (TPSA) is 102 Å². The molecule has 2 amide bonds. The van der Waals surface area contributed by atoms with E-state index in [4.69, 9.17) is 5.26 Å². The largest absolute Gasteiger partial charge is 0.356 e. The van der Waals surface area contributed by atoms with Crippen LogP contribution < -0.4 is 5.32 Å². The SMILES string of the molecule is N#Cc1c[nH]c(C(=O)N2[C@@H]3CC[C@H]2[C@@](Cc2cscn2)(C(=O)NC2CC2)C3)c1. The highest BCUT2D eigenvalue weighted by molar-refractivity contribution is 7.07. The predicted molar refractivity (Wildman–Crippen MR) is 103 cm³/mol. The quantitative estimate of drug-likeness (QED) is 0.810. The van der Waals surface area contributed by atoms with Crippen LogP contribution in [0, 0.1) is 16.7 Å². The molecule has 2 aliphatic heterocycles. The number of fused-ring (bicyclic) bond motifs is 2. The van der Waals surface area contributed by atoms with Crippen molar-refractivity contribution in [2.24, 2.45) is 5.41 Å². The molecule has 8 heteroatoms. The number of rotatable bonds is 5. The first-order chi connectivity index (χ1) is 13.6. The third-order valence-electron chi connectivity index (χ3n) is 6.36. The fraction of sp³-hybridized carbons (Fsp3) is 0.500. The van der Waals surface area contributed by atoms with Gasteiger partial charge in [0.2, 0.25) is 5.91 Å². The fourth-order valence-electron chi connectivity index (χ4n) is 4.93. The van der Waals surface area contributed by atoms with Gasteiger partial charge in [0.1, 0.15) is 11.8 Å². The van der Waals surface area contributed by atoms with Crippen molar-refractivity contribution < 1.29 is 9.59 Å². The zero-order valence-corrected chi connectivity index (χ0v) is 16.2. The van der Waals surface area contributed by atoms with Crippen molar-refractivity contribution in [2.75, 3.05) is 0 Å². The molecule has 0 aromatic carbocycles. The van der Waals surface area contributed by atoms with Gasteiger partial charge in [0.15, 0.2) is 0 Å². The van der Waals surface area contributed by atoms with Crippen LogP contribution in [0.15, 0.2) is 23.2 Å². The number of carbonyl (C=O) groups excluding carboxylic acids is 2. The molecular weight excluding hydrogens is 374 g/mol. The number of carbonyl (C=O) groups is 2. The summed E-state index contributed by atoms with van der Waals surface area (Å²) in [4.78, 5) is 35.8. The molecule has 144 valence electrons. The van der Waals surface area contributed by atoms with Gasteiger partial charge < -0.3 is 15.2 Å². The van der Waals surface area contributed by atoms with E-state index in [1.165, 1.54) is 11.3 Å². The first-order valence-corrected chi connectivity index (χ1v) is 10.6. The second-order valence-electron chi connectivity index (χ2n) is 8.14. The standard InChI is InChI=1S/C20H21N5O2S/c21-8-12-5-16(22-9-12)18(26)25-15-3-4-17(25)20(7-15,6-14-10-28-11-23-14)19(27)24-13-1-2-13/h5,9-11,13,15,17,22H,1-4,6-7H2,(H,24,27)/t15-,17+,20+/m1/s1. The van der Waals surface area contributed by atoms with E-state index >= 15 is 0 Å². The number of H-pyrrole nitrogens is 1. The highest BCUT2D eigenvalue weighted by atomic mass is 32.1. The van der Waals surface area contributed by atoms with Crippen LogP contribution in [0.3, 0.4) is 0 Å². The minimum absolute atomic E-state index is 0.0509. The maximum Gasteiger partial charge on any atom is 0.270 e. The average Bonchev–Trinajstić information content (AvgIpc) is 3.14. The monoisotopic (exact) mass is 395 g/mol. The molecular formula is C20H21N5O2S. The van der Waals surface area contributed by atoms with E-state index in [0.717, 1.165) is 31.4 Å². The highest BCUT2D eigenvalue weighted by Crippen LogP contribution is 2.52. The molecule has 2 bridgehead atoms. The van der Waals surface area contributed by atoms with Gasteiger partial charge in [0.25, 0.3) is 5.91 Å². The summed E-state index contributed by atoms with van der Waals surface area (Å²) < 4.78 is 0. The molecule has 1 saturated carbocycles. The summed E-state index contributed by atoms with van der Waals surface area (Å²) in [6, 6.07) is 3.83. The zero-order valence-electron chi connectivity index (χ0n) is 15.4. The van der Waals surface area contributed by atoms with Gasteiger partial charge in [-0.25, -0.2) is 4.98 Å². The van der Waals surface area contributed by atoms with Crippen LogP contribution in [0.25, 0.3) is 0 Å². The summed E-state index contributed by atoms with van der Waals surface area (Å²) in [5.74, 6) is -0.0504. The lowest BCUT2D eigenvalue weighted by molar-refractivity contribution is -0.133. The molecule has 2 saturated heterocycles. The Morgan fingerprint density at radius 1 is 1.39 bits per heavy atom. The number of amides is 2. The molecule has 0 unspecified atom stereocenters. The van der Waals surface area contributed by atoms with Crippen LogP contribution in [0.5, 0.6) is 0 Å². The smallest absolute Gasteiger partial charge is 0.270 e. The van der Waals surface area contributed by atoms with Gasteiger partial charge in [-0.3, -0.25) is 9.59 Å². The van der Waals surface area contributed by atoms with Crippen LogP contribution in [0.1, 0.15) is 53.8 Å². The van der Waals surface area contributed by atoms with Crippen LogP contribution in [-0.4, -0.2) is 44.8 Å². The lowest BCUT2D eigenvalue weighted by Gasteiger charge is -2.35. The van der Waals surface area contributed by atoms with Crippen molar-refractivity contribution in [3.05, 3.63) is 40.1 Å². The first-order valence-electron chi connectivity index (χ1n) is 9.70. The molecule has 0 radical (unpaired) electrons. The highest BCUT2D eigenvalue weighted by Gasteiger charge is 2.61. The molecule has 3 aliphatic rings. The fourth-order valence-corrected chi connectivity index (χ4v) is 5.49. The third kappa shape index (κ3) is 2.73. The summed E-state index contributed by atoms with van der Waals surface area (Å²) in [6.45, 7) is 0. The maximum atomic E-state index is 13.4. The van der Waals surface area contributed by atoms with E-state index in [-0.39, 0.29) is 29.9 Å². The summed E-state index contributed by atoms with van der Waals surface area (Å²) in [7, 11) is 0. The minimum Gasteiger partial charge on any atom is -0.356 e. The molecule has 0 spiro atoms. The van der Waals surface area contributed by atoms with Gasteiger partial charge in [-0.15, -0.1) is 11.3 Å². The molecule has 28 heavy (non-hydrogen) atoms. The number of nitrogens with zero attached hydrogens (tertiary/aromatic N) is 3.